The molecule has 21 nitrogen and oxygen atoms in total. The average molecular weight is 1260 g/mol. The van der Waals surface area contributed by atoms with Gasteiger partial charge in [-0.05, 0) is 116 Å². The van der Waals surface area contributed by atoms with Gasteiger partial charge in [0, 0.05) is 68.2 Å². The van der Waals surface area contributed by atoms with Crippen LogP contribution < -0.4 is 32.7 Å². The number of rotatable bonds is 41. The second-order valence-electron chi connectivity index (χ2n) is 25.8. The molecule has 91 heavy (non-hydrogen) atoms. The Morgan fingerprint density at radius 2 is 1.04 bits per heavy atom. The fourth-order valence-corrected chi connectivity index (χ4v) is 12.4. The van der Waals surface area contributed by atoms with Crippen LogP contribution in [0.1, 0.15) is 160 Å². The Hall–Kier alpha value is -7.91. The van der Waals surface area contributed by atoms with Gasteiger partial charge in [-0.2, -0.15) is 0 Å². The van der Waals surface area contributed by atoms with Crippen molar-refractivity contribution in [1.82, 2.24) is 21.3 Å². The molecule has 9 atom stereocenters. The molecule has 0 bridgehead atoms. The predicted octanol–water partition coefficient (Wildman–Crippen LogP) is 6.23. The summed E-state index contributed by atoms with van der Waals surface area (Å²) in [6, 6.07) is 17.4. The molecule has 0 spiro atoms. The number of hydrogen-bond donors (Lipinski definition) is 10. The number of phenolic OH excluding ortho intramolecular Hbond substituents is 1. The van der Waals surface area contributed by atoms with E-state index in [2.05, 4.69) is 26.3 Å². The second-order valence-corrected chi connectivity index (χ2v) is 25.8. The van der Waals surface area contributed by atoms with Crippen LogP contribution in [0.4, 0.5) is 0 Å². The van der Waals surface area contributed by atoms with Crippen molar-refractivity contribution in [2.24, 2.45) is 63.8 Å². The molecule has 1 fully saturated rings. The molecule has 0 aromatic heterocycles. The number of aliphatic carboxylic acids is 1. The molecule has 0 unspecified atom stereocenters. The number of carbonyl (C=O) groups is 10. The lowest BCUT2D eigenvalue weighted by Crippen LogP contribution is -2.50. The summed E-state index contributed by atoms with van der Waals surface area (Å²) in [6.07, 6.45) is 5.90. The van der Waals surface area contributed by atoms with Crippen LogP contribution in [-0.2, 0) is 67.2 Å². The smallest absolute Gasteiger partial charge is 0.304 e. The third kappa shape index (κ3) is 25.0. The molecule has 12 N–H and O–H groups in total. The Morgan fingerprint density at radius 1 is 0.549 bits per heavy atom. The van der Waals surface area contributed by atoms with E-state index in [1.54, 1.807) is 42.5 Å². The van der Waals surface area contributed by atoms with Crippen LogP contribution in [0.2, 0.25) is 0 Å². The minimum atomic E-state index is -1.59. The summed E-state index contributed by atoms with van der Waals surface area (Å²) in [6.45, 7) is 7.32. The lowest BCUT2D eigenvalue weighted by atomic mass is 9.82. The summed E-state index contributed by atoms with van der Waals surface area (Å²) in [5, 5.41) is 52.1. The first kappa shape index (κ1) is 73.8. The number of aliphatic hydroxyl groups excluding tert-OH is 2. The number of Topliss-reactive ketones (excluding diaryl/α,β-unsaturated/α-hetero) is 5. The quantitative estimate of drug-likeness (QED) is 0.0171. The molecule has 496 valence electrons. The van der Waals surface area contributed by atoms with Gasteiger partial charge in [-0.1, -0.05) is 133 Å². The number of fused-ring (bicyclic) bond motifs is 1. The SMILES string of the molecule is CC(=O)[C@H](CO)CC(=O)[C@H](CC1=CCc2ccccc21)NC(=O)[C@@H](CC(=O)[C@H](Cc1ccc(O)cc1)NC(=O)[C@@H](CCCN=C(N)N)CC(=O)[C@@H](CO)NC(=O)[C@@H](CC(=O)[C@H](CC1CCCCC1)NC(=O)[C@H](CC(=O)O)CC(C)C)Cc1ccccc1)CC(C)C. The highest BCUT2D eigenvalue weighted by Gasteiger charge is 2.38. The van der Waals surface area contributed by atoms with E-state index in [1.807, 2.05) is 58.0 Å². The maximum atomic E-state index is 14.9. The maximum Gasteiger partial charge on any atom is 0.304 e. The molecule has 5 rings (SSSR count). The highest BCUT2D eigenvalue weighted by Crippen LogP contribution is 2.33. The van der Waals surface area contributed by atoms with Crippen molar-refractivity contribution in [2.75, 3.05) is 19.8 Å². The Labute approximate surface area is 534 Å². The molecule has 0 aliphatic heterocycles. The van der Waals surface area contributed by atoms with Gasteiger partial charge in [0.1, 0.15) is 17.6 Å². The summed E-state index contributed by atoms with van der Waals surface area (Å²) < 4.78 is 0. The zero-order chi connectivity index (χ0) is 66.7. The Morgan fingerprint density at radius 3 is 1.63 bits per heavy atom. The minimum Gasteiger partial charge on any atom is -0.508 e. The fourth-order valence-electron chi connectivity index (χ4n) is 12.4. The average Bonchev–Trinajstić information content (AvgIpc) is 2.11. The number of carboxylic acids is 1. The van der Waals surface area contributed by atoms with Crippen LogP contribution in [0, 0.1) is 47.3 Å². The van der Waals surface area contributed by atoms with Gasteiger partial charge in [0.05, 0.1) is 37.8 Å². The number of aromatic hydroxyl groups is 1. The minimum absolute atomic E-state index is 0.0187. The van der Waals surface area contributed by atoms with Crippen molar-refractivity contribution >= 4 is 70.0 Å². The molecule has 21 heteroatoms. The molecule has 4 amide bonds. The van der Waals surface area contributed by atoms with E-state index in [4.69, 9.17) is 11.5 Å². The van der Waals surface area contributed by atoms with E-state index >= 15 is 0 Å². The summed E-state index contributed by atoms with van der Waals surface area (Å²) in [7, 11) is 0. The number of aliphatic imine (C=N–C) groups is 1. The first-order valence-electron chi connectivity index (χ1n) is 32.2. The molecular formula is C70H97N7O14. The van der Waals surface area contributed by atoms with Crippen molar-refractivity contribution in [3.8, 4) is 5.75 Å². The number of benzene rings is 3. The number of allylic oxidation sites excluding steroid dienone is 1. The van der Waals surface area contributed by atoms with Crippen LogP contribution in [0.25, 0.3) is 5.57 Å². The van der Waals surface area contributed by atoms with Crippen molar-refractivity contribution in [3.63, 3.8) is 0 Å². The Bertz CT molecular complexity index is 3010. The molecule has 2 aliphatic rings. The van der Waals surface area contributed by atoms with E-state index < -0.39 is 145 Å². The van der Waals surface area contributed by atoms with Gasteiger partial charge in [0.15, 0.2) is 29.1 Å². The number of guanidine groups is 1. The number of carboxylic acid groups (broad SMARTS) is 1. The Balaban J connectivity index is 1.42. The number of phenols is 1. The van der Waals surface area contributed by atoms with Gasteiger partial charge in [-0.3, -0.25) is 52.9 Å². The molecule has 1 saturated carbocycles. The van der Waals surface area contributed by atoms with Gasteiger partial charge in [0.25, 0.3) is 0 Å². The maximum absolute atomic E-state index is 14.9. The molecule has 0 radical (unpaired) electrons. The molecule has 0 saturated heterocycles. The number of aliphatic hydroxyl groups is 2. The van der Waals surface area contributed by atoms with Crippen LogP contribution >= 0.6 is 0 Å². The third-order valence-corrected chi connectivity index (χ3v) is 17.4. The van der Waals surface area contributed by atoms with E-state index in [1.165, 1.54) is 19.1 Å². The fraction of sp³-hybridized carbons (Fsp3) is 0.557. The highest BCUT2D eigenvalue weighted by atomic mass is 16.4. The number of nitrogens with one attached hydrogen (secondary N) is 4. The number of nitrogens with two attached hydrogens (primary N) is 2. The van der Waals surface area contributed by atoms with Crippen LogP contribution in [-0.4, -0.2) is 129 Å². The third-order valence-electron chi connectivity index (χ3n) is 17.4. The monoisotopic (exact) mass is 1260 g/mol. The van der Waals surface area contributed by atoms with Crippen LogP contribution in [0.5, 0.6) is 5.75 Å². The molecule has 0 heterocycles. The van der Waals surface area contributed by atoms with Crippen molar-refractivity contribution in [2.45, 2.75) is 181 Å². The molecule has 2 aliphatic carbocycles. The molecule has 3 aromatic carbocycles. The number of nitrogens with zero attached hydrogens (tertiary/aromatic N) is 1. The van der Waals surface area contributed by atoms with E-state index in [9.17, 15) is 68.4 Å². The number of carbonyl (C=O) groups excluding carboxylic acids is 9. The Kier molecular flexibility index (Phi) is 30.4. The summed E-state index contributed by atoms with van der Waals surface area (Å²) in [5.41, 5.74) is 15.2. The van der Waals surface area contributed by atoms with Crippen molar-refractivity contribution in [3.05, 3.63) is 107 Å². The zero-order valence-electron chi connectivity index (χ0n) is 53.5. The highest BCUT2D eigenvalue weighted by molar-refractivity contribution is 5.99. The van der Waals surface area contributed by atoms with Crippen molar-refractivity contribution in [1.29, 1.82) is 0 Å². The molecule has 3 aromatic rings. The zero-order valence-corrected chi connectivity index (χ0v) is 53.5. The van der Waals surface area contributed by atoms with Gasteiger partial charge in [-0.15, -0.1) is 0 Å². The standard InChI is InChI=1S/C70H97N7O14/c1-42(2)29-51(67(89)76-59(63(84)38-54(40-78)44(5)80)34-49-25-24-48-19-12-13-21-56(48)49)36-61(82)58(33-47-22-26-55(81)27-23-47)74-66(88)50(20-14-28-73-70(71)72)35-64(85)60(41-79)77-69(91)53(31-45-15-8-6-9-16-45)37-62(83)57(32-46-17-10-7-11-18-46)75-68(90)52(30-43(3)4)39-65(86)87/h6,8-9,12-13,15-16,19,21-23,25-27,42-43,46,50-54,57-60,78-79,81H,7,10-11,14,17-18,20,24,28-41H2,1-5H3,(H,74,88)(H,75,90)(H,76,89)(H,77,91)(H,86,87)(H4,71,72,73)/t50-,51+,52-,53+,54-,57-,58-,59-,60+/m0/s1. The lowest BCUT2D eigenvalue weighted by Gasteiger charge is -2.29. The first-order chi connectivity index (χ1) is 43.3. The molecular weight excluding hydrogens is 1160 g/mol. The van der Waals surface area contributed by atoms with Gasteiger partial charge in [-0.25, -0.2) is 0 Å². The summed E-state index contributed by atoms with van der Waals surface area (Å²) in [4.78, 5) is 145. The van der Waals surface area contributed by atoms with E-state index in [-0.39, 0.29) is 93.8 Å². The number of ketones is 5. The number of hydrogen-bond acceptors (Lipinski definition) is 14. The van der Waals surface area contributed by atoms with Gasteiger partial charge >= 0.3 is 5.97 Å². The van der Waals surface area contributed by atoms with Gasteiger partial charge in [0.2, 0.25) is 23.6 Å². The summed E-state index contributed by atoms with van der Waals surface area (Å²) >= 11 is 0. The number of amides is 4. The normalized spacial score (nSPS) is 16.1. The van der Waals surface area contributed by atoms with E-state index in [0.29, 0.717) is 24.0 Å². The van der Waals surface area contributed by atoms with Crippen LogP contribution in [0.15, 0.2) is 89.9 Å². The predicted molar refractivity (Wildman–Crippen MR) is 345 cm³/mol. The van der Waals surface area contributed by atoms with E-state index in [0.717, 1.165) is 48.8 Å². The van der Waals surface area contributed by atoms with Crippen molar-refractivity contribution < 1.29 is 68.4 Å². The largest absolute Gasteiger partial charge is 0.508 e. The second kappa shape index (κ2) is 37.4. The first-order valence-corrected chi connectivity index (χ1v) is 32.2. The van der Waals surface area contributed by atoms with Crippen LogP contribution in [0.3, 0.4) is 0 Å². The van der Waals surface area contributed by atoms with Gasteiger partial charge < -0.3 is 53.2 Å². The lowest BCUT2D eigenvalue weighted by molar-refractivity contribution is -0.142. The summed E-state index contributed by atoms with van der Waals surface area (Å²) in [5.74, 6) is -12.1. The topological polar surface area (TPSA) is 364 Å².